The van der Waals surface area contributed by atoms with E-state index in [0.717, 1.165) is 25.4 Å². The van der Waals surface area contributed by atoms with Crippen LogP contribution in [0.5, 0.6) is 0 Å². The maximum Gasteiger partial charge on any atom is 0.287 e. The summed E-state index contributed by atoms with van der Waals surface area (Å²) in [5.41, 5.74) is 2.92. The van der Waals surface area contributed by atoms with Crippen molar-refractivity contribution in [3.05, 3.63) is 17.5 Å². The molecule has 1 aromatic heterocycles. The molecule has 2 aliphatic rings. The van der Waals surface area contributed by atoms with Crippen LogP contribution in [0.2, 0.25) is 0 Å². The van der Waals surface area contributed by atoms with E-state index in [0.29, 0.717) is 5.41 Å². The van der Waals surface area contributed by atoms with Crippen molar-refractivity contribution in [1.29, 1.82) is 0 Å². The summed E-state index contributed by atoms with van der Waals surface area (Å²) in [6.07, 6.45) is 9.61. The van der Waals surface area contributed by atoms with Gasteiger partial charge in [0.05, 0.1) is 6.54 Å². The molecule has 1 saturated carbocycles. The van der Waals surface area contributed by atoms with Gasteiger partial charge in [-0.2, -0.15) is 0 Å². The van der Waals surface area contributed by atoms with Gasteiger partial charge in [-0.25, -0.2) is 5.84 Å². The number of hydrogen-bond acceptors (Lipinski definition) is 5. The SMILES string of the molecule is NNC(=O)c1cc(CN2CCC3(CCCCC3)CC2)on1. The maximum atomic E-state index is 11.3. The minimum Gasteiger partial charge on any atom is -0.359 e. The molecule has 0 radical (unpaired) electrons. The van der Waals surface area contributed by atoms with Crippen LogP contribution in [0.1, 0.15) is 61.2 Å². The number of carbonyl (C=O) groups excluding carboxylic acids is 1. The first-order valence-corrected chi connectivity index (χ1v) is 7.90. The van der Waals surface area contributed by atoms with E-state index in [1.807, 2.05) is 0 Å². The highest BCUT2D eigenvalue weighted by Crippen LogP contribution is 2.44. The molecule has 1 aliphatic carbocycles. The molecule has 0 unspecified atom stereocenters. The first-order valence-electron chi connectivity index (χ1n) is 7.90. The van der Waals surface area contributed by atoms with Crippen molar-refractivity contribution >= 4 is 5.91 Å². The van der Waals surface area contributed by atoms with E-state index in [1.54, 1.807) is 6.07 Å². The maximum absolute atomic E-state index is 11.3. The number of rotatable bonds is 3. The third-order valence-electron chi connectivity index (χ3n) is 5.13. The van der Waals surface area contributed by atoms with Crippen LogP contribution in [0.15, 0.2) is 10.6 Å². The average molecular weight is 292 g/mol. The smallest absolute Gasteiger partial charge is 0.287 e. The highest BCUT2D eigenvalue weighted by atomic mass is 16.5. The summed E-state index contributed by atoms with van der Waals surface area (Å²) in [4.78, 5) is 13.7. The summed E-state index contributed by atoms with van der Waals surface area (Å²) in [6.45, 7) is 2.94. The van der Waals surface area contributed by atoms with Crippen molar-refractivity contribution in [2.24, 2.45) is 11.3 Å². The third-order valence-corrected chi connectivity index (χ3v) is 5.13. The molecule has 3 N–H and O–H groups in total. The summed E-state index contributed by atoms with van der Waals surface area (Å²) in [5.74, 6) is 5.40. The van der Waals surface area contributed by atoms with Crippen molar-refractivity contribution in [2.75, 3.05) is 13.1 Å². The van der Waals surface area contributed by atoms with E-state index in [4.69, 9.17) is 10.4 Å². The molecule has 2 fully saturated rings. The number of hydrogen-bond donors (Lipinski definition) is 2. The van der Waals surface area contributed by atoms with Gasteiger partial charge in [0.1, 0.15) is 0 Å². The zero-order valence-electron chi connectivity index (χ0n) is 12.4. The molecule has 1 aromatic rings. The number of hydrazine groups is 1. The Morgan fingerprint density at radius 2 is 2.00 bits per heavy atom. The summed E-state index contributed by atoms with van der Waals surface area (Å²) >= 11 is 0. The van der Waals surface area contributed by atoms with Gasteiger partial charge < -0.3 is 4.52 Å². The van der Waals surface area contributed by atoms with Crippen molar-refractivity contribution in [3.8, 4) is 0 Å². The van der Waals surface area contributed by atoms with Crippen LogP contribution in [-0.2, 0) is 6.54 Å². The number of likely N-dealkylation sites (tertiary alicyclic amines) is 1. The highest BCUT2D eigenvalue weighted by molar-refractivity contribution is 5.91. The topological polar surface area (TPSA) is 84.4 Å². The van der Waals surface area contributed by atoms with Crippen LogP contribution in [0.3, 0.4) is 0 Å². The molecule has 0 atom stereocenters. The molecule has 1 saturated heterocycles. The van der Waals surface area contributed by atoms with Gasteiger partial charge in [0.2, 0.25) is 0 Å². The number of nitrogen functional groups attached to an aromatic ring is 1. The summed E-state index contributed by atoms with van der Waals surface area (Å²) in [5, 5.41) is 3.74. The van der Waals surface area contributed by atoms with Gasteiger partial charge in [-0.05, 0) is 44.2 Å². The monoisotopic (exact) mass is 292 g/mol. The van der Waals surface area contributed by atoms with Crippen molar-refractivity contribution in [2.45, 2.75) is 51.5 Å². The van der Waals surface area contributed by atoms with E-state index in [1.165, 1.54) is 44.9 Å². The lowest BCUT2D eigenvalue weighted by atomic mass is 9.68. The number of amides is 1. The van der Waals surface area contributed by atoms with Gasteiger partial charge in [-0.3, -0.25) is 15.1 Å². The lowest BCUT2D eigenvalue weighted by Gasteiger charge is -2.44. The molecule has 1 aliphatic heterocycles. The molecule has 116 valence electrons. The second-order valence-electron chi connectivity index (χ2n) is 6.49. The predicted molar refractivity (Wildman–Crippen MR) is 78.2 cm³/mol. The zero-order valence-corrected chi connectivity index (χ0v) is 12.4. The van der Waals surface area contributed by atoms with Crippen molar-refractivity contribution < 1.29 is 9.32 Å². The van der Waals surface area contributed by atoms with Gasteiger partial charge in [0.15, 0.2) is 11.5 Å². The van der Waals surface area contributed by atoms with Crippen molar-refractivity contribution in [1.82, 2.24) is 15.5 Å². The normalized spacial score (nSPS) is 22.3. The Morgan fingerprint density at radius 1 is 1.29 bits per heavy atom. The molecule has 0 bridgehead atoms. The van der Waals surface area contributed by atoms with Gasteiger partial charge in [-0.15, -0.1) is 0 Å². The Balaban J connectivity index is 1.53. The summed E-state index contributed by atoms with van der Waals surface area (Å²) < 4.78 is 5.22. The Kier molecular flexibility index (Phi) is 4.26. The van der Waals surface area contributed by atoms with E-state index in [2.05, 4.69) is 15.5 Å². The van der Waals surface area contributed by atoms with E-state index in [-0.39, 0.29) is 5.69 Å². The Morgan fingerprint density at radius 3 is 2.67 bits per heavy atom. The molecule has 2 heterocycles. The van der Waals surface area contributed by atoms with Gasteiger partial charge in [0.25, 0.3) is 5.91 Å². The lowest BCUT2D eigenvalue weighted by molar-refractivity contribution is 0.0597. The van der Waals surface area contributed by atoms with E-state index >= 15 is 0 Å². The van der Waals surface area contributed by atoms with Gasteiger partial charge in [0, 0.05) is 6.07 Å². The second kappa shape index (κ2) is 6.15. The minimum absolute atomic E-state index is 0.244. The molecule has 3 rings (SSSR count). The fraction of sp³-hybridized carbons (Fsp3) is 0.733. The standard InChI is InChI=1S/C15H24N4O2/c16-17-14(20)13-10-12(21-18-13)11-19-8-6-15(7-9-19)4-2-1-3-5-15/h10H,1-9,11,16H2,(H,17,20). The van der Waals surface area contributed by atoms with Gasteiger partial charge in [-0.1, -0.05) is 24.4 Å². The van der Waals surface area contributed by atoms with E-state index in [9.17, 15) is 4.79 Å². The number of nitrogens with one attached hydrogen (secondary N) is 1. The fourth-order valence-corrected chi connectivity index (χ4v) is 3.78. The number of piperidine rings is 1. The Hall–Kier alpha value is -1.40. The molecule has 1 amide bonds. The number of nitrogens with two attached hydrogens (primary N) is 1. The largest absolute Gasteiger partial charge is 0.359 e. The quantitative estimate of drug-likeness (QED) is 0.504. The summed E-state index contributed by atoms with van der Waals surface area (Å²) in [7, 11) is 0. The second-order valence-corrected chi connectivity index (χ2v) is 6.49. The molecule has 21 heavy (non-hydrogen) atoms. The fourth-order valence-electron chi connectivity index (χ4n) is 3.78. The number of aromatic nitrogens is 1. The lowest BCUT2D eigenvalue weighted by Crippen LogP contribution is -2.40. The third kappa shape index (κ3) is 3.27. The van der Waals surface area contributed by atoms with E-state index < -0.39 is 5.91 Å². The average Bonchev–Trinajstić information content (AvgIpc) is 2.98. The first kappa shape index (κ1) is 14.5. The molecule has 1 spiro atoms. The molecule has 0 aromatic carbocycles. The number of carbonyl (C=O) groups is 1. The van der Waals surface area contributed by atoms with Crippen LogP contribution < -0.4 is 11.3 Å². The predicted octanol–water partition coefficient (Wildman–Crippen LogP) is 1.82. The molecule has 6 heteroatoms. The highest BCUT2D eigenvalue weighted by Gasteiger charge is 2.35. The Labute approximate surface area is 125 Å². The number of nitrogens with zero attached hydrogens (tertiary/aromatic N) is 2. The van der Waals surface area contributed by atoms with Crippen molar-refractivity contribution in [3.63, 3.8) is 0 Å². The first-order chi connectivity index (χ1) is 10.2. The zero-order chi connectivity index (χ0) is 14.7. The Bertz CT molecular complexity index is 484. The van der Waals surface area contributed by atoms with Crippen LogP contribution in [0.25, 0.3) is 0 Å². The van der Waals surface area contributed by atoms with Gasteiger partial charge >= 0.3 is 0 Å². The van der Waals surface area contributed by atoms with Crippen LogP contribution in [-0.4, -0.2) is 29.1 Å². The summed E-state index contributed by atoms with van der Waals surface area (Å²) in [6, 6.07) is 1.67. The van der Waals surface area contributed by atoms with Crippen LogP contribution in [0.4, 0.5) is 0 Å². The molecular weight excluding hydrogens is 268 g/mol. The minimum atomic E-state index is -0.412. The molecule has 6 nitrogen and oxygen atoms in total. The van der Waals surface area contributed by atoms with Crippen LogP contribution >= 0.6 is 0 Å². The van der Waals surface area contributed by atoms with Crippen LogP contribution in [0, 0.1) is 5.41 Å². The molecular formula is C15H24N4O2.